The lowest BCUT2D eigenvalue weighted by Gasteiger charge is -2.12. The van der Waals surface area contributed by atoms with Gasteiger partial charge in [0, 0.05) is 0 Å². The minimum absolute atomic E-state index is 0.229. The van der Waals surface area contributed by atoms with Gasteiger partial charge in [0.25, 0.3) is 0 Å². The molecule has 1 N–H and O–H groups in total. The monoisotopic (exact) mass is 251 g/mol. The molecule has 1 unspecified atom stereocenters. The summed E-state index contributed by atoms with van der Waals surface area (Å²) in [4.78, 5) is 4.91. The summed E-state index contributed by atoms with van der Waals surface area (Å²) in [6, 6.07) is 7.52. The molecule has 0 fully saturated rings. The minimum atomic E-state index is 0.229. The van der Waals surface area contributed by atoms with Crippen LogP contribution in [0.3, 0.4) is 0 Å². The average Bonchev–Trinajstić information content (AvgIpc) is 2.40. The van der Waals surface area contributed by atoms with Gasteiger partial charge in [-0.3, -0.25) is 10.3 Å². The molecule has 18 heavy (non-hydrogen) atoms. The van der Waals surface area contributed by atoms with Crippen LogP contribution in [0.1, 0.15) is 27.2 Å². The molecule has 4 nitrogen and oxygen atoms in total. The van der Waals surface area contributed by atoms with Crippen molar-refractivity contribution in [3.8, 4) is 11.5 Å². The second-order valence-electron chi connectivity index (χ2n) is 3.78. The first-order valence-electron chi connectivity index (χ1n) is 6.22. The van der Waals surface area contributed by atoms with E-state index in [0.29, 0.717) is 6.61 Å². The van der Waals surface area contributed by atoms with E-state index in [1.165, 1.54) is 6.26 Å². The topological polar surface area (TPSA) is 39.7 Å². The third-order valence-electron chi connectivity index (χ3n) is 2.30. The van der Waals surface area contributed by atoms with Crippen molar-refractivity contribution in [1.82, 2.24) is 5.48 Å². The predicted molar refractivity (Wildman–Crippen MR) is 71.4 cm³/mol. The summed E-state index contributed by atoms with van der Waals surface area (Å²) in [6.07, 6.45) is 4.34. The SMILES string of the molecule is CCONC=COc1ccc(OC(C)CC)cc1. The van der Waals surface area contributed by atoms with Crippen LogP contribution < -0.4 is 15.0 Å². The first kappa shape index (κ1) is 14.4. The van der Waals surface area contributed by atoms with E-state index in [1.54, 1.807) is 6.20 Å². The highest BCUT2D eigenvalue weighted by atomic mass is 16.6. The predicted octanol–water partition coefficient (Wildman–Crippen LogP) is 3.26. The van der Waals surface area contributed by atoms with Crippen LogP contribution in [0.5, 0.6) is 11.5 Å². The number of ether oxygens (including phenoxy) is 2. The number of rotatable bonds is 8. The highest BCUT2D eigenvalue weighted by Gasteiger charge is 2.00. The van der Waals surface area contributed by atoms with Crippen LogP contribution in [-0.2, 0) is 4.84 Å². The third kappa shape index (κ3) is 5.59. The molecule has 0 saturated heterocycles. The normalized spacial score (nSPS) is 12.4. The quantitative estimate of drug-likeness (QED) is 0.437. The fraction of sp³-hybridized carbons (Fsp3) is 0.429. The van der Waals surface area contributed by atoms with E-state index in [0.717, 1.165) is 17.9 Å². The molecule has 100 valence electrons. The second-order valence-corrected chi connectivity index (χ2v) is 3.78. The standard InChI is InChI=1S/C14H21NO3/c1-4-12(3)18-14-8-6-13(7-9-14)16-11-10-15-17-5-2/h6-12,15H,4-5H2,1-3H3. The van der Waals surface area contributed by atoms with Gasteiger partial charge < -0.3 is 9.47 Å². The molecule has 0 amide bonds. The highest BCUT2D eigenvalue weighted by molar-refractivity contribution is 5.31. The van der Waals surface area contributed by atoms with Gasteiger partial charge in [0.2, 0.25) is 0 Å². The van der Waals surface area contributed by atoms with Crippen molar-refractivity contribution in [3.05, 3.63) is 36.7 Å². The zero-order valence-electron chi connectivity index (χ0n) is 11.2. The molecule has 1 aromatic rings. The van der Waals surface area contributed by atoms with Crippen LogP contribution in [0.2, 0.25) is 0 Å². The molecule has 0 saturated carbocycles. The van der Waals surface area contributed by atoms with Gasteiger partial charge in [-0.2, -0.15) is 0 Å². The summed E-state index contributed by atoms with van der Waals surface area (Å²) in [6.45, 7) is 6.65. The molecule has 0 bridgehead atoms. The first-order valence-corrected chi connectivity index (χ1v) is 6.22. The Bertz CT molecular complexity index is 349. The van der Waals surface area contributed by atoms with Gasteiger partial charge in [-0.1, -0.05) is 6.92 Å². The van der Waals surface area contributed by atoms with E-state index >= 15 is 0 Å². The Morgan fingerprint density at radius 2 is 1.83 bits per heavy atom. The number of nitrogens with one attached hydrogen (secondary N) is 1. The fourth-order valence-electron chi connectivity index (χ4n) is 1.18. The van der Waals surface area contributed by atoms with Gasteiger partial charge in [0.05, 0.1) is 18.9 Å². The zero-order valence-corrected chi connectivity index (χ0v) is 11.2. The number of hydrogen-bond acceptors (Lipinski definition) is 4. The molecular weight excluding hydrogens is 230 g/mol. The lowest BCUT2D eigenvalue weighted by molar-refractivity contribution is 0.0813. The molecular formula is C14H21NO3. The molecule has 0 aliphatic rings. The van der Waals surface area contributed by atoms with Crippen molar-refractivity contribution in [1.29, 1.82) is 0 Å². The van der Waals surface area contributed by atoms with Gasteiger partial charge in [0.1, 0.15) is 17.8 Å². The maximum Gasteiger partial charge on any atom is 0.126 e. The molecule has 4 heteroatoms. The lowest BCUT2D eigenvalue weighted by atomic mass is 10.3. The van der Waals surface area contributed by atoms with E-state index in [4.69, 9.17) is 14.3 Å². The summed E-state index contributed by atoms with van der Waals surface area (Å²) < 4.78 is 11.0. The molecule has 1 aromatic carbocycles. The summed E-state index contributed by atoms with van der Waals surface area (Å²) in [5.41, 5.74) is 2.62. The van der Waals surface area contributed by atoms with E-state index in [-0.39, 0.29) is 6.10 Å². The summed E-state index contributed by atoms with van der Waals surface area (Å²) >= 11 is 0. The Kier molecular flexibility index (Phi) is 6.72. The molecule has 1 rings (SSSR count). The van der Waals surface area contributed by atoms with Crippen LogP contribution in [0, 0.1) is 0 Å². The third-order valence-corrected chi connectivity index (χ3v) is 2.30. The Morgan fingerprint density at radius 3 is 2.44 bits per heavy atom. The number of hydroxylamine groups is 1. The smallest absolute Gasteiger partial charge is 0.126 e. The molecule has 0 heterocycles. The fourth-order valence-corrected chi connectivity index (χ4v) is 1.18. The van der Waals surface area contributed by atoms with Crippen LogP contribution in [0.25, 0.3) is 0 Å². The van der Waals surface area contributed by atoms with Gasteiger partial charge >= 0.3 is 0 Å². The summed E-state index contributed by atoms with van der Waals surface area (Å²) in [7, 11) is 0. The second kappa shape index (κ2) is 8.42. The van der Waals surface area contributed by atoms with E-state index in [9.17, 15) is 0 Å². The van der Waals surface area contributed by atoms with Crippen molar-refractivity contribution >= 4 is 0 Å². The zero-order chi connectivity index (χ0) is 13.2. The van der Waals surface area contributed by atoms with Crippen LogP contribution in [0.15, 0.2) is 36.7 Å². The van der Waals surface area contributed by atoms with E-state index < -0.39 is 0 Å². The highest BCUT2D eigenvalue weighted by Crippen LogP contribution is 2.19. The van der Waals surface area contributed by atoms with Crippen molar-refractivity contribution in [2.75, 3.05) is 6.61 Å². The molecule has 0 aliphatic heterocycles. The van der Waals surface area contributed by atoms with Gasteiger partial charge in [0.15, 0.2) is 0 Å². The van der Waals surface area contributed by atoms with Crippen LogP contribution >= 0.6 is 0 Å². The van der Waals surface area contributed by atoms with Gasteiger partial charge in [-0.15, -0.1) is 0 Å². The summed E-state index contributed by atoms with van der Waals surface area (Å²) in [5.74, 6) is 1.61. The number of benzene rings is 1. The Morgan fingerprint density at radius 1 is 1.17 bits per heavy atom. The molecule has 0 radical (unpaired) electrons. The minimum Gasteiger partial charge on any atom is -0.491 e. The summed E-state index contributed by atoms with van der Waals surface area (Å²) in [5, 5.41) is 0. The molecule has 1 atom stereocenters. The van der Waals surface area contributed by atoms with E-state index in [2.05, 4.69) is 12.4 Å². The van der Waals surface area contributed by atoms with Crippen molar-refractivity contribution in [2.45, 2.75) is 33.3 Å². The van der Waals surface area contributed by atoms with Crippen molar-refractivity contribution < 1.29 is 14.3 Å². The Balaban J connectivity index is 2.38. The molecule has 0 spiro atoms. The van der Waals surface area contributed by atoms with Crippen LogP contribution in [0.4, 0.5) is 0 Å². The average molecular weight is 251 g/mol. The Hall–Kier alpha value is -1.68. The van der Waals surface area contributed by atoms with Crippen molar-refractivity contribution in [2.24, 2.45) is 0 Å². The largest absolute Gasteiger partial charge is 0.491 e. The number of hydrogen-bond donors (Lipinski definition) is 1. The maximum atomic E-state index is 5.67. The maximum absolute atomic E-state index is 5.67. The molecule has 0 aliphatic carbocycles. The molecule has 0 aromatic heterocycles. The van der Waals surface area contributed by atoms with Gasteiger partial charge in [-0.25, -0.2) is 0 Å². The lowest BCUT2D eigenvalue weighted by Crippen LogP contribution is -2.09. The van der Waals surface area contributed by atoms with Gasteiger partial charge in [-0.05, 0) is 44.5 Å². The Labute approximate surface area is 109 Å². The van der Waals surface area contributed by atoms with Crippen molar-refractivity contribution in [3.63, 3.8) is 0 Å². The van der Waals surface area contributed by atoms with E-state index in [1.807, 2.05) is 38.1 Å². The van der Waals surface area contributed by atoms with Crippen LogP contribution in [-0.4, -0.2) is 12.7 Å². The first-order chi connectivity index (χ1) is 8.76.